The Labute approximate surface area is 164 Å². The van der Waals surface area contributed by atoms with Crippen molar-refractivity contribution in [1.82, 2.24) is 29.5 Å². The molecule has 0 amide bonds. The minimum atomic E-state index is 0.663. The van der Waals surface area contributed by atoms with E-state index in [0.717, 1.165) is 54.9 Å². The fraction of sp³-hybridized carbons (Fsp3) is 0.333. The number of thiazole rings is 1. The monoisotopic (exact) mass is 397 g/mol. The van der Waals surface area contributed by atoms with Crippen LogP contribution in [0.5, 0.6) is 0 Å². The zero-order chi connectivity index (χ0) is 18.2. The third-order valence-corrected chi connectivity index (χ3v) is 6.39. The molecule has 0 spiro atoms. The van der Waals surface area contributed by atoms with Crippen LogP contribution in [0.4, 0.5) is 5.82 Å². The molecular formula is C18H19N7S2. The molecular weight excluding hydrogens is 378 g/mol. The van der Waals surface area contributed by atoms with Crippen LogP contribution in [0.15, 0.2) is 34.6 Å². The Kier molecular flexibility index (Phi) is 4.35. The van der Waals surface area contributed by atoms with Crippen molar-refractivity contribution < 1.29 is 0 Å². The summed E-state index contributed by atoms with van der Waals surface area (Å²) in [6.07, 6.45) is 1.56. The lowest BCUT2D eigenvalue weighted by Gasteiger charge is -2.35. The number of hydrogen-bond donors (Lipinski definition) is 0. The minimum absolute atomic E-state index is 0.663. The van der Waals surface area contributed by atoms with Crippen molar-refractivity contribution in [3.8, 4) is 10.6 Å². The van der Waals surface area contributed by atoms with E-state index in [1.807, 2.05) is 11.4 Å². The average Bonchev–Trinajstić information content (AvgIpc) is 3.43. The molecule has 5 rings (SSSR count). The van der Waals surface area contributed by atoms with Crippen LogP contribution in [0, 0.1) is 6.92 Å². The molecule has 0 atom stereocenters. The molecule has 0 radical (unpaired) electrons. The zero-order valence-electron chi connectivity index (χ0n) is 14.9. The van der Waals surface area contributed by atoms with Crippen LogP contribution in [0.1, 0.15) is 11.4 Å². The second-order valence-corrected chi connectivity index (χ2v) is 8.28. The van der Waals surface area contributed by atoms with Gasteiger partial charge in [0.25, 0.3) is 5.78 Å². The SMILES string of the molecule is Cc1cc(N2CCN(Cc3csc(-c4ccsc4)n3)CC2)n2ncnc2n1. The van der Waals surface area contributed by atoms with Gasteiger partial charge in [-0.25, -0.2) is 9.97 Å². The van der Waals surface area contributed by atoms with E-state index < -0.39 is 0 Å². The van der Waals surface area contributed by atoms with E-state index in [2.05, 4.69) is 53.1 Å². The summed E-state index contributed by atoms with van der Waals surface area (Å²) in [4.78, 5) is 18.3. The summed E-state index contributed by atoms with van der Waals surface area (Å²) in [5, 5.41) is 11.9. The van der Waals surface area contributed by atoms with Gasteiger partial charge in [-0.2, -0.15) is 25.9 Å². The summed E-state index contributed by atoms with van der Waals surface area (Å²) < 4.78 is 1.83. The van der Waals surface area contributed by atoms with Crippen LogP contribution in [0.3, 0.4) is 0 Å². The lowest BCUT2D eigenvalue weighted by atomic mass is 10.3. The van der Waals surface area contributed by atoms with Crippen LogP contribution >= 0.6 is 22.7 Å². The van der Waals surface area contributed by atoms with Gasteiger partial charge in [0.05, 0.1) is 5.69 Å². The standard InChI is InChI=1S/C18H19N7S2/c1-13-8-16(25-18(21-13)19-12-20-25)24-5-3-23(4-6-24)9-15-11-27-17(22-15)14-2-7-26-10-14/h2,7-8,10-12H,3-6,9H2,1H3. The highest BCUT2D eigenvalue weighted by Gasteiger charge is 2.21. The van der Waals surface area contributed by atoms with Crippen LogP contribution < -0.4 is 4.90 Å². The summed E-state index contributed by atoms with van der Waals surface area (Å²) in [6, 6.07) is 4.22. The van der Waals surface area contributed by atoms with Crippen LogP contribution in [0.25, 0.3) is 16.3 Å². The number of fused-ring (bicyclic) bond motifs is 1. The highest BCUT2D eigenvalue weighted by atomic mass is 32.1. The van der Waals surface area contributed by atoms with E-state index in [1.165, 1.54) is 5.56 Å². The first-order chi connectivity index (χ1) is 13.3. The maximum absolute atomic E-state index is 4.81. The summed E-state index contributed by atoms with van der Waals surface area (Å²) in [6.45, 7) is 6.83. The second-order valence-electron chi connectivity index (χ2n) is 6.65. The third-order valence-electron chi connectivity index (χ3n) is 4.76. The molecule has 5 heterocycles. The molecule has 1 aliphatic rings. The Morgan fingerprint density at radius 2 is 2.00 bits per heavy atom. The molecule has 4 aromatic heterocycles. The topological polar surface area (TPSA) is 62.5 Å². The van der Waals surface area contributed by atoms with Crippen molar-refractivity contribution in [2.24, 2.45) is 0 Å². The van der Waals surface area contributed by atoms with Gasteiger partial charge in [0.15, 0.2) is 0 Å². The largest absolute Gasteiger partial charge is 0.354 e. The Balaban J connectivity index is 1.26. The second kappa shape index (κ2) is 6.99. The highest BCUT2D eigenvalue weighted by Crippen LogP contribution is 2.26. The fourth-order valence-electron chi connectivity index (χ4n) is 3.40. The summed E-state index contributed by atoms with van der Waals surface area (Å²) in [5.74, 6) is 1.74. The van der Waals surface area contributed by atoms with Gasteiger partial charge in [-0.15, -0.1) is 11.3 Å². The molecule has 0 N–H and O–H groups in total. The summed E-state index contributed by atoms with van der Waals surface area (Å²) >= 11 is 3.44. The Morgan fingerprint density at radius 3 is 2.81 bits per heavy atom. The van der Waals surface area contributed by atoms with Gasteiger partial charge < -0.3 is 4.90 Å². The molecule has 1 saturated heterocycles. The molecule has 0 aromatic carbocycles. The first kappa shape index (κ1) is 16.8. The number of aryl methyl sites for hydroxylation is 1. The Morgan fingerprint density at radius 1 is 1.11 bits per heavy atom. The van der Waals surface area contributed by atoms with E-state index in [-0.39, 0.29) is 0 Å². The van der Waals surface area contributed by atoms with E-state index >= 15 is 0 Å². The summed E-state index contributed by atoms with van der Waals surface area (Å²) in [7, 11) is 0. The number of rotatable bonds is 4. The van der Waals surface area contributed by atoms with Gasteiger partial charge in [-0.3, -0.25) is 4.90 Å². The van der Waals surface area contributed by atoms with Gasteiger partial charge >= 0.3 is 0 Å². The maximum Gasteiger partial charge on any atom is 0.254 e. The lowest BCUT2D eigenvalue weighted by Crippen LogP contribution is -2.46. The fourth-order valence-corrected chi connectivity index (χ4v) is 4.92. The Bertz CT molecular complexity index is 1040. The molecule has 27 heavy (non-hydrogen) atoms. The summed E-state index contributed by atoms with van der Waals surface area (Å²) in [5.41, 5.74) is 3.36. The third kappa shape index (κ3) is 3.33. The zero-order valence-corrected chi connectivity index (χ0v) is 16.6. The van der Waals surface area contributed by atoms with Crippen LogP contribution in [-0.2, 0) is 6.54 Å². The van der Waals surface area contributed by atoms with Crippen LogP contribution in [-0.4, -0.2) is 55.6 Å². The smallest absolute Gasteiger partial charge is 0.254 e. The lowest BCUT2D eigenvalue weighted by molar-refractivity contribution is 0.246. The number of thiophene rings is 1. The quantitative estimate of drug-likeness (QED) is 0.528. The molecule has 138 valence electrons. The predicted octanol–water partition coefficient (Wildman–Crippen LogP) is 2.94. The molecule has 9 heteroatoms. The van der Waals surface area contributed by atoms with Crippen molar-refractivity contribution in [1.29, 1.82) is 0 Å². The maximum atomic E-state index is 4.81. The number of hydrogen-bond acceptors (Lipinski definition) is 8. The number of piperazine rings is 1. The van der Waals surface area contributed by atoms with Gasteiger partial charge in [0.2, 0.25) is 0 Å². The first-order valence-corrected chi connectivity index (χ1v) is 10.7. The van der Waals surface area contributed by atoms with Gasteiger partial charge in [0.1, 0.15) is 17.2 Å². The van der Waals surface area contributed by atoms with E-state index in [1.54, 1.807) is 29.0 Å². The molecule has 0 aliphatic carbocycles. The molecule has 4 aromatic rings. The number of anilines is 1. The molecule has 0 saturated carbocycles. The minimum Gasteiger partial charge on any atom is -0.354 e. The van der Waals surface area contributed by atoms with E-state index in [9.17, 15) is 0 Å². The van der Waals surface area contributed by atoms with Crippen LogP contribution in [0.2, 0.25) is 0 Å². The van der Waals surface area contributed by atoms with E-state index in [4.69, 9.17) is 4.98 Å². The van der Waals surface area contributed by atoms with Gasteiger partial charge in [-0.05, 0) is 18.4 Å². The normalized spacial score (nSPS) is 15.7. The van der Waals surface area contributed by atoms with Gasteiger partial charge in [0, 0.05) is 60.8 Å². The van der Waals surface area contributed by atoms with Crippen molar-refractivity contribution in [3.63, 3.8) is 0 Å². The number of nitrogens with zero attached hydrogens (tertiary/aromatic N) is 7. The van der Waals surface area contributed by atoms with Crippen molar-refractivity contribution in [2.45, 2.75) is 13.5 Å². The first-order valence-electron chi connectivity index (χ1n) is 8.88. The molecule has 0 bridgehead atoms. The van der Waals surface area contributed by atoms with Crippen molar-refractivity contribution in [3.05, 3.63) is 46.0 Å². The number of aromatic nitrogens is 5. The van der Waals surface area contributed by atoms with E-state index in [0.29, 0.717) is 5.78 Å². The van der Waals surface area contributed by atoms with Crippen molar-refractivity contribution in [2.75, 3.05) is 31.1 Å². The molecule has 0 unspecified atom stereocenters. The average molecular weight is 398 g/mol. The molecule has 7 nitrogen and oxygen atoms in total. The Hall–Kier alpha value is -2.36. The molecule has 1 aliphatic heterocycles. The highest BCUT2D eigenvalue weighted by molar-refractivity contribution is 7.14. The van der Waals surface area contributed by atoms with Gasteiger partial charge in [-0.1, -0.05) is 0 Å². The predicted molar refractivity (Wildman–Crippen MR) is 108 cm³/mol. The molecule has 1 fully saturated rings. The van der Waals surface area contributed by atoms with Crippen molar-refractivity contribution >= 4 is 34.3 Å².